The molecule has 3 aliphatic rings. The Morgan fingerprint density at radius 2 is 2.16 bits per heavy atom. The van der Waals surface area contributed by atoms with E-state index in [0.717, 1.165) is 17.8 Å². The highest BCUT2D eigenvalue weighted by atomic mass is 15.1. The molecule has 1 N–H and O–H groups in total. The molecule has 0 aromatic carbocycles. The predicted octanol–water partition coefficient (Wildman–Crippen LogP) is 3.13. The van der Waals surface area contributed by atoms with Crippen molar-refractivity contribution >= 4 is 0 Å². The van der Waals surface area contributed by atoms with Crippen LogP contribution in [0.4, 0.5) is 0 Å². The summed E-state index contributed by atoms with van der Waals surface area (Å²) in [6, 6.07) is 0. The van der Waals surface area contributed by atoms with Gasteiger partial charge in [-0.2, -0.15) is 0 Å². The molecule has 2 bridgehead atoms. The third kappa shape index (κ3) is 3.00. The third-order valence-corrected chi connectivity index (χ3v) is 6.15. The summed E-state index contributed by atoms with van der Waals surface area (Å²) in [5, 5.41) is 3.60. The number of rotatable bonds is 6. The van der Waals surface area contributed by atoms with Crippen LogP contribution in [0.25, 0.3) is 0 Å². The molecule has 0 spiro atoms. The van der Waals surface area contributed by atoms with Gasteiger partial charge in [-0.3, -0.25) is 0 Å². The maximum absolute atomic E-state index is 3.60. The first-order valence-electron chi connectivity index (χ1n) is 8.60. The molecule has 110 valence electrons. The van der Waals surface area contributed by atoms with E-state index in [1.54, 1.807) is 6.42 Å². The normalized spacial score (nSPS) is 41.5. The first-order valence-corrected chi connectivity index (χ1v) is 8.60. The van der Waals surface area contributed by atoms with E-state index in [0.29, 0.717) is 5.41 Å². The van der Waals surface area contributed by atoms with Crippen molar-refractivity contribution in [1.29, 1.82) is 0 Å². The smallest absolute Gasteiger partial charge is 0.00477 e. The fourth-order valence-corrected chi connectivity index (χ4v) is 5.39. The quantitative estimate of drug-likeness (QED) is 0.793. The van der Waals surface area contributed by atoms with Crippen molar-refractivity contribution in [3.8, 4) is 0 Å². The van der Waals surface area contributed by atoms with E-state index in [4.69, 9.17) is 0 Å². The van der Waals surface area contributed by atoms with Crippen LogP contribution < -0.4 is 5.32 Å². The maximum Gasteiger partial charge on any atom is 0.00477 e. The van der Waals surface area contributed by atoms with Crippen LogP contribution in [0.1, 0.15) is 51.9 Å². The molecule has 2 nitrogen and oxygen atoms in total. The van der Waals surface area contributed by atoms with E-state index in [-0.39, 0.29) is 0 Å². The summed E-state index contributed by atoms with van der Waals surface area (Å²) in [6.45, 7) is 7.52. The van der Waals surface area contributed by atoms with Crippen molar-refractivity contribution < 1.29 is 0 Å². The molecule has 3 rings (SSSR count). The lowest BCUT2D eigenvalue weighted by atomic mass is 9.81. The van der Waals surface area contributed by atoms with Gasteiger partial charge in [-0.25, -0.2) is 0 Å². The van der Waals surface area contributed by atoms with E-state index in [9.17, 15) is 0 Å². The van der Waals surface area contributed by atoms with Gasteiger partial charge in [0, 0.05) is 19.6 Å². The van der Waals surface area contributed by atoms with Gasteiger partial charge in [0.25, 0.3) is 0 Å². The minimum absolute atomic E-state index is 0.584. The van der Waals surface area contributed by atoms with E-state index in [1.807, 2.05) is 0 Å². The summed E-state index contributed by atoms with van der Waals surface area (Å²) in [4.78, 5) is 2.67. The number of nitrogens with one attached hydrogen (secondary N) is 1. The van der Waals surface area contributed by atoms with Gasteiger partial charge < -0.3 is 10.2 Å². The Hall–Kier alpha value is -0.0800. The van der Waals surface area contributed by atoms with Crippen LogP contribution in [-0.4, -0.2) is 38.1 Å². The lowest BCUT2D eigenvalue weighted by Gasteiger charge is -2.35. The molecule has 0 radical (unpaired) electrons. The zero-order valence-corrected chi connectivity index (χ0v) is 13.0. The topological polar surface area (TPSA) is 15.3 Å². The van der Waals surface area contributed by atoms with Gasteiger partial charge in [-0.1, -0.05) is 19.8 Å². The second-order valence-corrected chi connectivity index (χ2v) is 7.81. The molecule has 1 heterocycles. The van der Waals surface area contributed by atoms with Crippen LogP contribution in [0.15, 0.2) is 0 Å². The predicted molar refractivity (Wildman–Crippen MR) is 81.3 cm³/mol. The zero-order valence-electron chi connectivity index (χ0n) is 13.0. The first-order chi connectivity index (χ1) is 9.21. The lowest BCUT2D eigenvalue weighted by molar-refractivity contribution is 0.143. The fraction of sp³-hybridized carbons (Fsp3) is 1.00. The van der Waals surface area contributed by atoms with Gasteiger partial charge in [0.05, 0.1) is 0 Å². The molecule has 3 fully saturated rings. The van der Waals surface area contributed by atoms with Gasteiger partial charge in [-0.15, -0.1) is 0 Å². The monoisotopic (exact) mass is 264 g/mol. The Labute approximate surface area is 119 Å². The molecule has 4 unspecified atom stereocenters. The van der Waals surface area contributed by atoms with Gasteiger partial charge in [0.1, 0.15) is 0 Å². The Morgan fingerprint density at radius 3 is 2.74 bits per heavy atom. The average Bonchev–Trinajstić information content (AvgIpc) is 3.06. The van der Waals surface area contributed by atoms with Crippen molar-refractivity contribution in [2.75, 3.05) is 33.2 Å². The lowest BCUT2D eigenvalue weighted by Crippen LogP contribution is -2.40. The van der Waals surface area contributed by atoms with Gasteiger partial charge in [-0.05, 0) is 68.9 Å². The van der Waals surface area contributed by atoms with Crippen LogP contribution in [0.2, 0.25) is 0 Å². The zero-order chi connectivity index (χ0) is 13.3. The Balaban J connectivity index is 1.51. The molecule has 2 aliphatic carbocycles. The highest BCUT2D eigenvalue weighted by molar-refractivity contribution is 4.93. The molecular formula is C17H32N2. The van der Waals surface area contributed by atoms with Gasteiger partial charge in [0.2, 0.25) is 0 Å². The summed E-state index contributed by atoms with van der Waals surface area (Å²) >= 11 is 0. The molecular weight excluding hydrogens is 232 g/mol. The van der Waals surface area contributed by atoms with Crippen molar-refractivity contribution in [2.45, 2.75) is 51.9 Å². The van der Waals surface area contributed by atoms with Crippen LogP contribution in [0, 0.1) is 23.2 Å². The van der Waals surface area contributed by atoms with Gasteiger partial charge in [0.15, 0.2) is 0 Å². The molecule has 0 aromatic rings. The van der Waals surface area contributed by atoms with Crippen molar-refractivity contribution in [2.24, 2.45) is 23.2 Å². The molecule has 2 heteroatoms. The van der Waals surface area contributed by atoms with Crippen molar-refractivity contribution in [3.63, 3.8) is 0 Å². The summed E-state index contributed by atoms with van der Waals surface area (Å²) in [7, 11) is 2.38. The molecule has 0 aromatic heterocycles. The number of hydrogen-bond donors (Lipinski definition) is 1. The van der Waals surface area contributed by atoms with Crippen LogP contribution in [-0.2, 0) is 0 Å². The molecule has 4 atom stereocenters. The average molecular weight is 264 g/mol. The van der Waals surface area contributed by atoms with E-state index in [2.05, 4.69) is 24.2 Å². The van der Waals surface area contributed by atoms with Crippen molar-refractivity contribution in [1.82, 2.24) is 10.2 Å². The summed E-state index contributed by atoms with van der Waals surface area (Å²) < 4.78 is 0. The van der Waals surface area contributed by atoms with Crippen LogP contribution in [0.5, 0.6) is 0 Å². The number of hydrogen-bond acceptors (Lipinski definition) is 2. The van der Waals surface area contributed by atoms with Crippen molar-refractivity contribution in [3.05, 3.63) is 0 Å². The maximum atomic E-state index is 3.60. The third-order valence-electron chi connectivity index (χ3n) is 6.15. The standard InChI is InChI=1S/C17H32N2/c1-3-6-17(7-8-18-12-17)13-19(2)11-16-10-14-4-5-15(16)9-14/h14-16,18H,3-13H2,1-2H3. The number of nitrogens with zero attached hydrogens (tertiary/aromatic N) is 1. The highest BCUT2D eigenvalue weighted by Gasteiger charge is 2.40. The molecule has 1 aliphatic heterocycles. The summed E-state index contributed by atoms with van der Waals surface area (Å²) in [6.07, 6.45) is 10.3. The Kier molecular flexibility index (Phi) is 4.19. The minimum atomic E-state index is 0.584. The van der Waals surface area contributed by atoms with Gasteiger partial charge >= 0.3 is 0 Å². The van der Waals surface area contributed by atoms with Crippen LogP contribution >= 0.6 is 0 Å². The second-order valence-electron chi connectivity index (χ2n) is 7.81. The number of fused-ring (bicyclic) bond motifs is 2. The van der Waals surface area contributed by atoms with E-state index < -0.39 is 0 Å². The summed E-state index contributed by atoms with van der Waals surface area (Å²) in [5.74, 6) is 3.20. The Bertz CT molecular complexity index is 296. The summed E-state index contributed by atoms with van der Waals surface area (Å²) in [5.41, 5.74) is 0.584. The SMILES string of the molecule is CCCC1(CN(C)CC2CC3CCC2C3)CCNC1. The van der Waals surface area contributed by atoms with Crippen LogP contribution in [0.3, 0.4) is 0 Å². The molecule has 1 saturated heterocycles. The fourth-order valence-electron chi connectivity index (χ4n) is 5.39. The second kappa shape index (κ2) is 5.73. The van der Waals surface area contributed by atoms with E-state index in [1.165, 1.54) is 64.7 Å². The molecule has 0 amide bonds. The largest absolute Gasteiger partial charge is 0.316 e. The Morgan fingerprint density at radius 1 is 1.26 bits per heavy atom. The molecule has 2 saturated carbocycles. The highest BCUT2D eigenvalue weighted by Crippen LogP contribution is 2.48. The first kappa shape index (κ1) is 13.9. The molecule has 19 heavy (non-hydrogen) atoms. The van der Waals surface area contributed by atoms with E-state index >= 15 is 0 Å². The minimum Gasteiger partial charge on any atom is -0.316 e.